The lowest BCUT2D eigenvalue weighted by atomic mass is 9.93. The second-order valence-electron chi connectivity index (χ2n) is 6.55. The van der Waals surface area contributed by atoms with Gasteiger partial charge in [-0.15, -0.1) is 0 Å². The van der Waals surface area contributed by atoms with E-state index >= 15 is 0 Å². The Labute approximate surface area is 141 Å². The highest BCUT2D eigenvalue weighted by atomic mass is 16.5. The van der Waals surface area contributed by atoms with Crippen LogP contribution in [-0.4, -0.2) is 42.8 Å². The fourth-order valence-electron chi connectivity index (χ4n) is 2.84. The summed E-state index contributed by atoms with van der Waals surface area (Å²) in [5.41, 5.74) is 0.428. The van der Waals surface area contributed by atoms with E-state index in [1.54, 1.807) is 24.3 Å². The highest BCUT2D eigenvalue weighted by Gasteiger charge is 2.31. The van der Waals surface area contributed by atoms with Crippen LogP contribution in [0.2, 0.25) is 0 Å². The summed E-state index contributed by atoms with van der Waals surface area (Å²) in [6.45, 7) is 1.73. The number of hydrogen-bond donors (Lipinski definition) is 2. The van der Waals surface area contributed by atoms with Crippen molar-refractivity contribution in [1.82, 2.24) is 5.32 Å². The number of carboxylic acids is 1. The van der Waals surface area contributed by atoms with E-state index in [2.05, 4.69) is 5.32 Å². The molecule has 2 unspecified atom stereocenters. The second kappa shape index (κ2) is 7.66. The average Bonchev–Trinajstić information content (AvgIpc) is 3.43. The number of benzene rings is 1. The van der Waals surface area contributed by atoms with Gasteiger partial charge in [0.15, 0.2) is 0 Å². The molecule has 6 nitrogen and oxygen atoms in total. The third kappa shape index (κ3) is 4.47. The molecule has 1 aromatic rings. The second-order valence-corrected chi connectivity index (χ2v) is 6.55. The number of amides is 1. The molecule has 2 atom stereocenters. The van der Waals surface area contributed by atoms with Crippen LogP contribution in [0, 0.1) is 11.8 Å². The Morgan fingerprint density at radius 3 is 2.58 bits per heavy atom. The lowest BCUT2D eigenvalue weighted by Gasteiger charge is -2.28. The highest BCUT2D eigenvalue weighted by molar-refractivity contribution is 5.96. The van der Waals surface area contributed by atoms with Crippen molar-refractivity contribution in [3.05, 3.63) is 29.8 Å². The van der Waals surface area contributed by atoms with Crippen LogP contribution in [0.3, 0.4) is 0 Å². The summed E-state index contributed by atoms with van der Waals surface area (Å²) in [5.74, 6) is -0.206. The maximum atomic E-state index is 12.3. The molecule has 1 aliphatic heterocycles. The summed E-state index contributed by atoms with van der Waals surface area (Å²) in [7, 11) is 0. The largest absolute Gasteiger partial charge is 0.493 e. The van der Waals surface area contributed by atoms with Crippen LogP contribution in [0.25, 0.3) is 0 Å². The molecule has 2 fully saturated rings. The number of aliphatic carboxylic acids is 1. The number of hydrogen-bond acceptors (Lipinski definition) is 4. The zero-order valence-electron chi connectivity index (χ0n) is 13.6. The molecule has 6 heteroatoms. The lowest BCUT2D eigenvalue weighted by Crippen LogP contribution is -2.48. The molecule has 1 aromatic carbocycles. The van der Waals surface area contributed by atoms with Crippen molar-refractivity contribution in [2.24, 2.45) is 11.8 Å². The molecule has 0 aromatic heterocycles. The zero-order chi connectivity index (χ0) is 16.9. The van der Waals surface area contributed by atoms with E-state index in [-0.39, 0.29) is 11.8 Å². The van der Waals surface area contributed by atoms with Crippen LogP contribution in [0.15, 0.2) is 24.3 Å². The van der Waals surface area contributed by atoms with Crippen LogP contribution >= 0.6 is 0 Å². The van der Waals surface area contributed by atoms with E-state index < -0.39 is 12.0 Å². The van der Waals surface area contributed by atoms with Crippen LogP contribution in [0.1, 0.15) is 36.0 Å². The van der Waals surface area contributed by atoms with E-state index in [0.717, 1.165) is 18.6 Å². The van der Waals surface area contributed by atoms with Crippen molar-refractivity contribution in [3.63, 3.8) is 0 Å². The SMILES string of the molecule is O=C(NC(C(=O)O)C1CCCOC1)c1ccc(OCC2CC2)cc1. The van der Waals surface area contributed by atoms with E-state index in [0.29, 0.717) is 31.3 Å². The van der Waals surface area contributed by atoms with Gasteiger partial charge in [-0.3, -0.25) is 4.79 Å². The smallest absolute Gasteiger partial charge is 0.326 e. The van der Waals surface area contributed by atoms with Crippen LogP contribution < -0.4 is 10.1 Å². The normalized spacial score (nSPS) is 21.8. The van der Waals surface area contributed by atoms with Crippen molar-refractivity contribution < 1.29 is 24.2 Å². The molecule has 130 valence electrons. The zero-order valence-corrected chi connectivity index (χ0v) is 13.6. The fraction of sp³-hybridized carbons (Fsp3) is 0.556. The van der Waals surface area contributed by atoms with Gasteiger partial charge in [0.2, 0.25) is 0 Å². The van der Waals surface area contributed by atoms with Gasteiger partial charge >= 0.3 is 5.97 Å². The Kier molecular flexibility index (Phi) is 5.35. The Bertz CT molecular complexity index is 576. The van der Waals surface area contributed by atoms with Crippen molar-refractivity contribution in [1.29, 1.82) is 0 Å². The van der Waals surface area contributed by atoms with Gasteiger partial charge in [-0.1, -0.05) is 0 Å². The quantitative estimate of drug-likeness (QED) is 0.798. The molecule has 2 aliphatic rings. The molecule has 1 aliphatic carbocycles. The predicted octanol–water partition coefficient (Wildman–Crippen LogP) is 2.08. The first-order valence-electron chi connectivity index (χ1n) is 8.48. The van der Waals surface area contributed by atoms with Gasteiger partial charge in [-0.05, 0) is 55.9 Å². The van der Waals surface area contributed by atoms with Gasteiger partial charge in [-0.2, -0.15) is 0 Å². The lowest BCUT2D eigenvalue weighted by molar-refractivity contribution is -0.142. The van der Waals surface area contributed by atoms with Crippen molar-refractivity contribution >= 4 is 11.9 Å². The Morgan fingerprint density at radius 2 is 2.00 bits per heavy atom. The number of carbonyl (C=O) groups is 2. The van der Waals surface area contributed by atoms with Gasteiger partial charge in [0, 0.05) is 18.1 Å². The molecule has 24 heavy (non-hydrogen) atoms. The third-order valence-corrected chi connectivity index (χ3v) is 4.52. The average molecular weight is 333 g/mol. The first kappa shape index (κ1) is 16.8. The first-order chi connectivity index (χ1) is 11.6. The standard InChI is InChI=1S/C18H23NO5/c20-17(19-16(18(21)22)14-2-1-9-23-11-14)13-5-7-15(8-6-13)24-10-12-3-4-12/h5-8,12,14,16H,1-4,9-11H2,(H,19,20)(H,21,22). The molecular formula is C18H23NO5. The van der Waals surface area contributed by atoms with E-state index in [4.69, 9.17) is 9.47 Å². The van der Waals surface area contributed by atoms with Crippen LogP contribution in [-0.2, 0) is 9.53 Å². The molecule has 1 saturated carbocycles. The molecule has 3 rings (SSSR count). The summed E-state index contributed by atoms with van der Waals surface area (Å²) in [6, 6.07) is 5.89. The van der Waals surface area contributed by atoms with E-state index in [1.165, 1.54) is 12.8 Å². The highest BCUT2D eigenvalue weighted by Crippen LogP contribution is 2.29. The molecule has 1 amide bonds. The number of nitrogens with one attached hydrogen (secondary N) is 1. The summed E-state index contributed by atoms with van der Waals surface area (Å²) in [4.78, 5) is 23.8. The molecule has 1 heterocycles. The number of carbonyl (C=O) groups excluding carboxylic acids is 1. The topological polar surface area (TPSA) is 84.9 Å². The fourth-order valence-corrected chi connectivity index (χ4v) is 2.84. The maximum Gasteiger partial charge on any atom is 0.326 e. The van der Waals surface area contributed by atoms with Crippen LogP contribution in [0.5, 0.6) is 5.75 Å². The van der Waals surface area contributed by atoms with Gasteiger partial charge in [0.25, 0.3) is 5.91 Å². The molecule has 0 radical (unpaired) electrons. The first-order valence-corrected chi connectivity index (χ1v) is 8.48. The summed E-state index contributed by atoms with van der Waals surface area (Å²) < 4.78 is 11.0. The van der Waals surface area contributed by atoms with Crippen molar-refractivity contribution in [2.45, 2.75) is 31.7 Å². The summed E-state index contributed by atoms with van der Waals surface area (Å²) in [6.07, 6.45) is 4.01. The summed E-state index contributed by atoms with van der Waals surface area (Å²) in [5, 5.41) is 12.0. The third-order valence-electron chi connectivity index (χ3n) is 4.52. The minimum atomic E-state index is -1.02. The van der Waals surface area contributed by atoms with Gasteiger partial charge in [0.05, 0.1) is 13.2 Å². The van der Waals surface area contributed by atoms with Crippen LogP contribution in [0.4, 0.5) is 0 Å². The van der Waals surface area contributed by atoms with E-state index in [1.807, 2.05) is 0 Å². The monoisotopic (exact) mass is 333 g/mol. The summed E-state index contributed by atoms with van der Waals surface area (Å²) >= 11 is 0. The number of carboxylic acid groups (broad SMARTS) is 1. The van der Waals surface area contributed by atoms with Gasteiger partial charge in [-0.25, -0.2) is 4.79 Å². The predicted molar refractivity (Wildman–Crippen MR) is 87.1 cm³/mol. The van der Waals surface area contributed by atoms with Crippen molar-refractivity contribution in [2.75, 3.05) is 19.8 Å². The Morgan fingerprint density at radius 1 is 1.25 bits per heavy atom. The van der Waals surface area contributed by atoms with Gasteiger partial charge in [0.1, 0.15) is 11.8 Å². The van der Waals surface area contributed by atoms with E-state index in [9.17, 15) is 14.7 Å². The number of rotatable bonds is 7. The molecule has 2 N–H and O–H groups in total. The molecule has 0 spiro atoms. The minimum absolute atomic E-state index is 0.193. The van der Waals surface area contributed by atoms with Gasteiger partial charge < -0.3 is 19.9 Å². The Hall–Kier alpha value is -2.08. The number of ether oxygens (including phenoxy) is 2. The molecular weight excluding hydrogens is 310 g/mol. The van der Waals surface area contributed by atoms with Crippen molar-refractivity contribution in [3.8, 4) is 5.75 Å². The maximum absolute atomic E-state index is 12.3. The Balaban J connectivity index is 1.58. The molecule has 1 saturated heterocycles. The molecule has 0 bridgehead atoms. The minimum Gasteiger partial charge on any atom is -0.493 e.